The van der Waals surface area contributed by atoms with Gasteiger partial charge in [0.15, 0.2) is 6.10 Å². The molecule has 2 atom stereocenters. The predicted octanol–water partition coefficient (Wildman–Crippen LogP) is 9.49. The fourth-order valence-corrected chi connectivity index (χ4v) is 5.69. The molecule has 45 heavy (non-hydrogen) atoms. The summed E-state index contributed by atoms with van der Waals surface area (Å²) >= 11 is 0. The smallest absolute Gasteiger partial charge is 0.462 e. The van der Waals surface area contributed by atoms with E-state index in [2.05, 4.69) is 26.0 Å². The Balaban J connectivity index is 4.11. The number of carbonyl (C=O) groups excluding carboxylic acids is 2. The third-order valence-electron chi connectivity index (χ3n) is 7.65. The summed E-state index contributed by atoms with van der Waals surface area (Å²) < 4.78 is 32.4. The highest BCUT2D eigenvalue weighted by Crippen LogP contribution is 2.43. The second-order valence-electron chi connectivity index (χ2n) is 12.1. The van der Waals surface area contributed by atoms with Crippen molar-refractivity contribution in [3.05, 3.63) is 12.2 Å². The van der Waals surface area contributed by atoms with Crippen LogP contribution in [0.4, 0.5) is 0 Å². The largest absolute Gasteiger partial charge is 0.472 e. The molecule has 0 saturated carbocycles. The van der Waals surface area contributed by atoms with Crippen molar-refractivity contribution in [1.29, 1.82) is 0 Å². The van der Waals surface area contributed by atoms with Crippen molar-refractivity contribution in [2.45, 2.75) is 174 Å². The fourth-order valence-electron chi connectivity index (χ4n) is 4.92. The minimum Gasteiger partial charge on any atom is -0.462 e. The number of phosphoric acid groups is 1. The van der Waals surface area contributed by atoms with Crippen LogP contribution < -0.4 is 5.73 Å². The van der Waals surface area contributed by atoms with Crippen molar-refractivity contribution in [3.63, 3.8) is 0 Å². The van der Waals surface area contributed by atoms with Crippen LogP contribution in [0.3, 0.4) is 0 Å². The molecule has 0 bridgehead atoms. The Labute approximate surface area is 275 Å². The van der Waals surface area contributed by atoms with Gasteiger partial charge in [0.05, 0.1) is 13.2 Å². The van der Waals surface area contributed by atoms with E-state index in [4.69, 9.17) is 24.3 Å². The lowest BCUT2D eigenvalue weighted by atomic mass is 10.1. The molecule has 0 aliphatic heterocycles. The number of esters is 2. The van der Waals surface area contributed by atoms with E-state index in [9.17, 15) is 19.0 Å². The molecule has 0 aromatic carbocycles. The van der Waals surface area contributed by atoms with Gasteiger partial charge in [0.25, 0.3) is 0 Å². The minimum atomic E-state index is -4.36. The number of carbonyl (C=O) groups is 2. The van der Waals surface area contributed by atoms with Gasteiger partial charge in [-0.15, -0.1) is 0 Å². The number of rotatable bonds is 34. The fraction of sp³-hybridized carbons (Fsp3) is 0.886. The van der Waals surface area contributed by atoms with E-state index in [-0.39, 0.29) is 32.6 Å². The van der Waals surface area contributed by atoms with Gasteiger partial charge in [-0.05, 0) is 38.5 Å². The Morgan fingerprint density at radius 3 is 1.58 bits per heavy atom. The van der Waals surface area contributed by atoms with Gasteiger partial charge in [0.2, 0.25) is 0 Å². The van der Waals surface area contributed by atoms with Crippen LogP contribution in [0.5, 0.6) is 0 Å². The summed E-state index contributed by atoms with van der Waals surface area (Å²) in [5, 5.41) is 0. The van der Waals surface area contributed by atoms with E-state index in [0.717, 1.165) is 51.4 Å². The first-order valence-corrected chi connectivity index (χ1v) is 19.7. The SMILES string of the molecule is CCCCCCCCC/C=C\CCCCCCCCCC(=O)OC(COC(=O)CCCCCCCC)COP(=O)(O)OCCN. The molecule has 0 aromatic heterocycles. The molecular weight excluding hydrogens is 593 g/mol. The summed E-state index contributed by atoms with van der Waals surface area (Å²) in [5.41, 5.74) is 5.31. The standard InChI is InChI=1S/C35H68NO8P/c1-3-5-7-9-11-12-13-14-15-16-17-18-19-20-21-22-24-26-28-35(38)44-33(32-43-45(39,40)42-30-29-36)31-41-34(37)27-25-23-10-8-6-4-2/h15-16,33H,3-14,17-32,36H2,1-2H3,(H,39,40)/b16-15-. The Morgan fingerprint density at radius 1 is 0.644 bits per heavy atom. The second-order valence-corrected chi connectivity index (χ2v) is 13.5. The van der Waals surface area contributed by atoms with Gasteiger partial charge >= 0.3 is 19.8 Å². The molecule has 0 aromatic rings. The maximum Gasteiger partial charge on any atom is 0.472 e. The van der Waals surface area contributed by atoms with E-state index in [1.807, 2.05) is 0 Å². The third-order valence-corrected chi connectivity index (χ3v) is 8.64. The molecule has 9 nitrogen and oxygen atoms in total. The highest BCUT2D eigenvalue weighted by molar-refractivity contribution is 7.47. The van der Waals surface area contributed by atoms with Gasteiger partial charge in [-0.25, -0.2) is 4.57 Å². The molecule has 0 radical (unpaired) electrons. The summed E-state index contributed by atoms with van der Waals surface area (Å²) in [4.78, 5) is 34.4. The molecule has 10 heteroatoms. The normalized spacial score (nSPS) is 13.6. The Bertz CT molecular complexity index is 764. The lowest BCUT2D eigenvalue weighted by Gasteiger charge is -2.19. The van der Waals surface area contributed by atoms with Crippen LogP contribution in [0.25, 0.3) is 0 Å². The average Bonchev–Trinajstić information content (AvgIpc) is 3.02. The van der Waals surface area contributed by atoms with E-state index >= 15 is 0 Å². The first-order chi connectivity index (χ1) is 21.8. The number of hydrogen-bond acceptors (Lipinski definition) is 8. The number of nitrogens with two attached hydrogens (primary N) is 1. The van der Waals surface area contributed by atoms with Crippen LogP contribution in [0, 0.1) is 0 Å². The topological polar surface area (TPSA) is 134 Å². The molecule has 0 aliphatic rings. The molecule has 0 fully saturated rings. The lowest BCUT2D eigenvalue weighted by Crippen LogP contribution is -2.29. The van der Waals surface area contributed by atoms with E-state index in [1.165, 1.54) is 83.5 Å². The number of unbranched alkanes of at least 4 members (excludes halogenated alkanes) is 19. The molecule has 266 valence electrons. The minimum absolute atomic E-state index is 0.0547. The van der Waals surface area contributed by atoms with Crippen molar-refractivity contribution in [2.24, 2.45) is 5.73 Å². The Hall–Kier alpha value is -1.25. The molecule has 0 saturated heterocycles. The van der Waals surface area contributed by atoms with E-state index < -0.39 is 32.5 Å². The van der Waals surface area contributed by atoms with Crippen molar-refractivity contribution in [2.75, 3.05) is 26.4 Å². The number of allylic oxidation sites excluding steroid dienone is 2. The Morgan fingerprint density at radius 2 is 1.09 bits per heavy atom. The Kier molecular flexibility index (Phi) is 31.8. The summed E-state index contributed by atoms with van der Waals surface area (Å²) in [6.45, 7) is 3.65. The van der Waals surface area contributed by atoms with Crippen molar-refractivity contribution >= 4 is 19.8 Å². The van der Waals surface area contributed by atoms with Crippen molar-refractivity contribution in [3.8, 4) is 0 Å². The zero-order chi connectivity index (χ0) is 33.3. The third kappa shape index (κ3) is 32.5. The summed E-state index contributed by atoms with van der Waals surface area (Å²) in [6, 6.07) is 0. The monoisotopic (exact) mass is 661 g/mol. The first-order valence-electron chi connectivity index (χ1n) is 18.2. The summed E-state index contributed by atoms with van der Waals surface area (Å²) in [5.74, 6) is -0.841. The van der Waals surface area contributed by atoms with Gasteiger partial charge in [-0.2, -0.15) is 0 Å². The number of phosphoric ester groups is 1. The van der Waals surface area contributed by atoms with Gasteiger partial charge in [0.1, 0.15) is 6.61 Å². The first kappa shape index (κ1) is 43.8. The maximum atomic E-state index is 12.5. The number of hydrogen-bond donors (Lipinski definition) is 2. The maximum absolute atomic E-state index is 12.5. The van der Waals surface area contributed by atoms with Gasteiger partial charge in [-0.1, -0.05) is 129 Å². The van der Waals surface area contributed by atoms with Crippen LogP contribution >= 0.6 is 7.82 Å². The molecular formula is C35H68NO8P. The molecule has 3 N–H and O–H groups in total. The van der Waals surface area contributed by atoms with Gasteiger partial charge in [0, 0.05) is 19.4 Å². The predicted molar refractivity (Wildman–Crippen MR) is 183 cm³/mol. The van der Waals surface area contributed by atoms with Gasteiger partial charge < -0.3 is 20.1 Å². The summed E-state index contributed by atoms with van der Waals surface area (Å²) in [6.07, 6.45) is 29.9. The second kappa shape index (κ2) is 32.7. The van der Waals surface area contributed by atoms with E-state index in [1.54, 1.807) is 0 Å². The van der Waals surface area contributed by atoms with Crippen LogP contribution in [0.2, 0.25) is 0 Å². The van der Waals surface area contributed by atoms with Crippen LogP contribution in [0.15, 0.2) is 12.2 Å². The van der Waals surface area contributed by atoms with Crippen LogP contribution in [-0.4, -0.2) is 49.3 Å². The molecule has 0 spiro atoms. The molecule has 0 aliphatic carbocycles. The zero-order valence-electron chi connectivity index (χ0n) is 28.9. The van der Waals surface area contributed by atoms with Crippen molar-refractivity contribution in [1.82, 2.24) is 0 Å². The van der Waals surface area contributed by atoms with E-state index in [0.29, 0.717) is 6.42 Å². The van der Waals surface area contributed by atoms with Crippen molar-refractivity contribution < 1.29 is 37.6 Å². The van der Waals surface area contributed by atoms with Crippen LogP contribution in [-0.2, 0) is 32.7 Å². The molecule has 0 rings (SSSR count). The zero-order valence-corrected chi connectivity index (χ0v) is 29.8. The molecule has 2 unspecified atom stereocenters. The summed E-state index contributed by atoms with van der Waals surface area (Å²) in [7, 11) is -4.36. The van der Waals surface area contributed by atoms with Crippen LogP contribution in [0.1, 0.15) is 168 Å². The molecule has 0 heterocycles. The van der Waals surface area contributed by atoms with Gasteiger partial charge in [-0.3, -0.25) is 18.6 Å². The average molecular weight is 662 g/mol. The highest BCUT2D eigenvalue weighted by atomic mass is 31.2. The quantitative estimate of drug-likeness (QED) is 0.0299. The number of ether oxygens (including phenoxy) is 2. The lowest BCUT2D eigenvalue weighted by molar-refractivity contribution is -0.161. The highest BCUT2D eigenvalue weighted by Gasteiger charge is 2.25. The molecule has 0 amide bonds.